The van der Waals surface area contributed by atoms with Crippen molar-refractivity contribution in [3.63, 3.8) is 0 Å². The van der Waals surface area contributed by atoms with E-state index in [1.165, 1.54) is 5.56 Å². The summed E-state index contributed by atoms with van der Waals surface area (Å²) in [5, 5.41) is 0. The molecular formula is C11H13N. The van der Waals surface area contributed by atoms with Crippen LogP contribution in [-0.4, -0.2) is 6.04 Å². The number of hydrogen-bond acceptors (Lipinski definition) is 1. The van der Waals surface area contributed by atoms with Gasteiger partial charge in [0.2, 0.25) is 0 Å². The fourth-order valence-corrected chi connectivity index (χ4v) is 1.16. The lowest BCUT2D eigenvalue weighted by molar-refractivity contribution is 0.738. The van der Waals surface area contributed by atoms with Crippen LogP contribution in [0.3, 0.4) is 0 Å². The van der Waals surface area contributed by atoms with Gasteiger partial charge in [-0.3, -0.25) is 0 Å². The molecule has 1 heteroatoms. The average Bonchev–Trinajstić information content (AvgIpc) is 2.03. The van der Waals surface area contributed by atoms with Gasteiger partial charge in [-0.25, -0.2) is 0 Å². The second-order valence-corrected chi connectivity index (χ2v) is 3.03. The van der Waals surface area contributed by atoms with Gasteiger partial charge >= 0.3 is 0 Å². The number of hydrogen-bond donors (Lipinski definition) is 1. The molecule has 62 valence electrons. The summed E-state index contributed by atoms with van der Waals surface area (Å²) < 4.78 is 0. The van der Waals surface area contributed by atoms with E-state index in [1.807, 2.05) is 31.2 Å². The zero-order valence-electron chi connectivity index (χ0n) is 7.25. The molecule has 0 saturated carbocycles. The standard InChI is InChI=1S/C11H13N/c1-3-10-5-4-6-11(8-10)7-9(2)12/h1,4-6,8-9H,7,12H2,2H3. The van der Waals surface area contributed by atoms with Crippen LogP contribution in [0.1, 0.15) is 18.1 Å². The Morgan fingerprint density at radius 1 is 1.58 bits per heavy atom. The first kappa shape index (κ1) is 8.83. The van der Waals surface area contributed by atoms with E-state index in [0.29, 0.717) is 0 Å². The Morgan fingerprint density at radius 2 is 2.33 bits per heavy atom. The molecule has 0 amide bonds. The normalized spacial score (nSPS) is 12.1. The maximum atomic E-state index is 5.66. The summed E-state index contributed by atoms with van der Waals surface area (Å²) in [6.45, 7) is 1.99. The Bertz CT molecular complexity index is 294. The smallest absolute Gasteiger partial charge is 0.0245 e. The molecule has 1 unspecified atom stereocenters. The van der Waals surface area contributed by atoms with E-state index < -0.39 is 0 Å². The summed E-state index contributed by atoms with van der Waals surface area (Å²) in [6, 6.07) is 8.13. The Balaban J connectivity index is 2.81. The Labute approximate surface area is 73.6 Å². The average molecular weight is 159 g/mol. The summed E-state index contributed by atoms with van der Waals surface area (Å²) in [5.41, 5.74) is 7.80. The van der Waals surface area contributed by atoms with Gasteiger partial charge in [-0.05, 0) is 31.0 Å². The minimum atomic E-state index is 0.193. The van der Waals surface area contributed by atoms with Crippen molar-refractivity contribution in [1.29, 1.82) is 0 Å². The van der Waals surface area contributed by atoms with Crippen molar-refractivity contribution in [3.05, 3.63) is 35.4 Å². The fraction of sp³-hybridized carbons (Fsp3) is 0.273. The molecular weight excluding hydrogens is 146 g/mol. The third-order valence-corrected chi connectivity index (χ3v) is 1.65. The van der Waals surface area contributed by atoms with Gasteiger partial charge in [-0.2, -0.15) is 0 Å². The minimum Gasteiger partial charge on any atom is -0.328 e. The van der Waals surface area contributed by atoms with Gasteiger partial charge < -0.3 is 5.73 Å². The predicted molar refractivity (Wildman–Crippen MR) is 51.7 cm³/mol. The molecule has 1 nitrogen and oxygen atoms in total. The number of rotatable bonds is 2. The second kappa shape index (κ2) is 3.94. The van der Waals surface area contributed by atoms with Crippen LogP contribution in [0.4, 0.5) is 0 Å². The molecule has 0 saturated heterocycles. The van der Waals surface area contributed by atoms with Crippen molar-refractivity contribution in [2.24, 2.45) is 5.73 Å². The quantitative estimate of drug-likeness (QED) is 0.651. The molecule has 1 atom stereocenters. The first-order valence-corrected chi connectivity index (χ1v) is 4.03. The van der Waals surface area contributed by atoms with Crippen LogP contribution in [0.15, 0.2) is 24.3 Å². The molecule has 0 spiro atoms. The van der Waals surface area contributed by atoms with Crippen molar-refractivity contribution in [2.75, 3.05) is 0 Å². The zero-order chi connectivity index (χ0) is 8.97. The van der Waals surface area contributed by atoms with Gasteiger partial charge in [0.15, 0.2) is 0 Å². The van der Waals surface area contributed by atoms with E-state index >= 15 is 0 Å². The molecule has 0 radical (unpaired) electrons. The Morgan fingerprint density at radius 3 is 2.92 bits per heavy atom. The molecule has 0 bridgehead atoms. The van der Waals surface area contributed by atoms with Crippen LogP contribution in [0, 0.1) is 12.3 Å². The van der Waals surface area contributed by atoms with Gasteiger partial charge in [-0.1, -0.05) is 18.1 Å². The maximum absolute atomic E-state index is 5.66. The molecule has 1 aromatic rings. The van der Waals surface area contributed by atoms with Crippen LogP contribution in [0.25, 0.3) is 0 Å². The summed E-state index contributed by atoms with van der Waals surface area (Å²) in [4.78, 5) is 0. The highest BCUT2D eigenvalue weighted by Crippen LogP contribution is 2.05. The van der Waals surface area contributed by atoms with E-state index in [0.717, 1.165) is 12.0 Å². The van der Waals surface area contributed by atoms with Crippen LogP contribution in [-0.2, 0) is 6.42 Å². The molecule has 1 rings (SSSR count). The number of nitrogens with two attached hydrogens (primary N) is 1. The van der Waals surface area contributed by atoms with E-state index in [4.69, 9.17) is 12.2 Å². The van der Waals surface area contributed by atoms with Gasteiger partial charge in [0, 0.05) is 11.6 Å². The second-order valence-electron chi connectivity index (χ2n) is 3.03. The monoisotopic (exact) mass is 159 g/mol. The van der Waals surface area contributed by atoms with Crippen LogP contribution >= 0.6 is 0 Å². The van der Waals surface area contributed by atoms with Gasteiger partial charge in [-0.15, -0.1) is 6.42 Å². The highest BCUT2D eigenvalue weighted by atomic mass is 14.6. The summed E-state index contributed by atoms with van der Waals surface area (Å²) in [7, 11) is 0. The molecule has 0 fully saturated rings. The minimum absolute atomic E-state index is 0.193. The first-order valence-electron chi connectivity index (χ1n) is 4.03. The fourth-order valence-electron chi connectivity index (χ4n) is 1.16. The topological polar surface area (TPSA) is 26.0 Å². The summed E-state index contributed by atoms with van der Waals surface area (Å²) in [6.07, 6.45) is 6.15. The van der Waals surface area contributed by atoms with Crippen LogP contribution < -0.4 is 5.73 Å². The van der Waals surface area contributed by atoms with Crippen molar-refractivity contribution < 1.29 is 0 Å². The Kier molecular flexibility index (Phi) is 2.90. The van der Waals surface area contributed by atoms with Crippen molar-refractivity contribution in [3.8, 4) is 12.3 Å². The predicted octanol–water partition coefficient (Wildman–Crippen LogP) is 1.56. The third-order valence-electron chi connectivity index (χ3n) is 1.65. The van der Waals surface area contributed by atoms with E-state index in [9.17, 15) is 0 Å². The summed E-state index contributed by atoms with van der Waals surface area (Å²) in [5.74, 6) is 2.60. The zero-order valence-corrected chi connectivity index (χ0v) is 7.25. The molecule has 0 aromatic heterocycles. The van der Waals surface area contributed by atoms with Crippen LogP contribution in [0.2, 0.25) is 0 Å². The highest BCUT2D eigenvalue weighted by molar-refractivity contribution is 5.35. The van der Waals surface area contributed by atoms with Crippen LogP contribution in [0.5, 0.6) is 0 Å². The highest BCUT2D eigenvalue weighted by Gasteiger charge is 1.97. The summed E-state index contributed by atoms with van der Waals surface area (Å²) >= 11 is 0. The lowest BCUT2D eigenvalue weighted by Gasteiger charge is -2.04. The van der Waals surface area contributed by atoms with Crippen molar-refractivity contribution in [1.82, 2.24) is 0 Å². The molecule has 0 aliphatic rings. The number of terminal acetylenes is 1. The SMILES string of the molecule is C#Cc1cccc(CC(C)N)c1. The van der Waals surface area contributed by atoms with Gasteiger partial charge in [0.1, 0.15) is 0 Å². The number of benzene rings is 1. The Hall–Kier alpha value is -1.26. The molecule has 0 aliphatic carbocycles. The lowest BCUT2D eigenvalue weighted by atomic mass is 10.1. The lowest BCUT2D eigenvalue weighted by Crippen LogP contribution is -2.17. The maximum Gasteiger partial charge on any atom is 0.0245 e. The molecule has 0 aliphatic heterocycles. The van der Waals surface area contributed by atoms with Crippen molar-refractivity contribution >= 4 is 0 Å². The molecule has 2 N–H and O–H groups in total. The van der Waals surface area contributed by atoms with Crippen molar-refractivity contribution in [2.45, 2.75) is 19.4 Å². The molecule has 0 heterocycles. The molecule has 12 heavy (non-hydrogen) atoms. The van der Waals surface area contributed by atoms with Gasteiger partial charge in [0.05, 0.1) is 0 Å². The van der Waals surface area contributed by atoms with E-state index in [-0.39, 0.29) is 6.04 Å². The van der Waals surface area contributed by atoms with E-state index in [1.54, 1.807) is 0 Å². The van der Waals surface area contributed by atoms with Gasteiger partial charge in [0.25, 0.3) is 0 Å². The largest absolute Gasteiger partial charge is 0.328 e. The van der Waals surface area contributed by atoms with E-state index in [2.05, 4.69) is 5.92 Å². The first-order chi connectivity index (χ1) is 5.72. The third kappa shape index (κ3) is 2.41. The molecule has 1 aromatic carbocycles.